The smallest absolute Gasteiger partial charge is 0.165 e. The molecular formula is C10H6Br2F4. The average Bonchev–Trinajstić information content (AvgIpc) is 2.29. The van der Waals surface area contributed by atoms with Crippen LogP contribution >= 0.6 is 31.9 Å². The molecule has 1 rings (SSSR count). The van der Waals surface area contributed by atoms with Gasteiger partial charge in [0, 0.05) is 22.0 Å². The summed E-state index contributed by atoms with van der Waals surface area (Å²) in [5, 5.41) is 0. The summed E-state index contributed by atoms with van der Waals surface area (Å²) in [5.41, 5.74) is -1.29. The van der Waals surface area contributed by atoms with E-state index in [0.29, 0.717) is 4.48 Å². The van der Waals surface area contributed by atoms with Gasteiger partial charge in [-0.25, -0.2) is 17.6 Å². The topological polar surface area (TPSA) is 0 Å². The van der Waals surface area contributed by atoms with Crippen molar-refractivity contribution in [2.45, 2.75) is 13.3 Å². The maximum Gasteiger partial charge on any atom is 0.165 e. The van der Waals surface area contributed by atoms with Crippen LogP contribution in [0.15, 0.2) is 9.47 Å². The van der Waals surface area contributed by atoms with Gasteiger partial charge in [-0.1, -0.05) is 31.9 Å². The molecular weight excluding hydrogens is 356 g/mol. The molecule has 16 heavy (non-hydrogen) atoms. The summed E-state index contributed by atoms with van der Waals surface area (Å²) in [6.45, 7) is 0.982. The summed E-state index contributed by atoms with van der Waals surface area (Å²) in [4.78, 5) is 1.36. The maximum atomic E-state index is 13.4. The van der Waals surface area contributed by atoms with Gasteiger partial charge in [0.25, 0.3) is 0 Å². The molecule has 0 atom stereocenters. The third-order valence-electron chi connectivity index (χ3n) is 2.04. The molecule has 0 aliphatic rings. The first kappa shape index (κ1) is 13.7. The highest BCUT2D eigenvalue weighted by molar-refractivity contribution is 9.14. The Hall–Kier alpha value is -0.360. The summed E-state index contributed by atoms with van der Waals surface area (Å²) >= 11 is 5.92. The van der Waals surface area contributed by atoms with E-state index in [2.05, 4.69) is 31.9 Å². The normalized spacial score (nSPS) is 12.1. The van der Waals surface area contributed by atoms with Gasteiger partial charge in [0.05, 0.1) is 0 Å². The van der Waals surface area contributed by atoms with E-state index < -0.39 is 34.4 Å². The van der Waals surface area contributed by atoms with Crippen LogP contribution in [0, 0.1) is 30.2 Å². The first-order chi connectivity index (χ1) is 7.40. The fourth-order valence-corrected chi connectivity index (χ4v) is 1.59. The summed E-state index contributed by atoms with van der Waals surface area (Å²) < 4.78 is 53.4. The molecule has 0 N–H and O–H groups in total. The minimum Gasteiger partial charge on any atom is -0.203 e. The lowest BCUT2D eigenvalue weighted by Crippen LogP contribution is -2.06. The molecule has 0 aromatic heterocycles. The van der Waals surface area contributed by atoms with Gasteiger partial charge in [0.1, 0.15) is 0 Å². The molecule has 0 amide bonds. The van der Waals surface area contributed by atoms with Crippen LogP contribution in [0.2, 0.25) is 0 Å². The van der Waals surface area contributed by atoms with Gasteiger partial charge in [-0.2, -0.15) is 0 Å². The molecule has 1 aromatic carbocycles. The number of halogens is 6. The number of allylic oxidation sites excluding steroid dienone is 1. The van der Waals surface area contributed by atoms with Gasteiger partial charge in [-0.05, 0) is 11.9 Å². The van der Waals surface area contributed by atoms with Crippen molar-refractivity contribution in [1.82, 2.24) is 0 Å². The van der Waals surface area contributed by atoms with Gasteiger partial charge in [-0.15, -0.1) is 0 Å². The van der Waals surface area contributed by atoms with Crippen LogP contribution < -0.4 is 0 Å². The van der Waals surface area contributed by atoms with Crippen molar-refractivity contribution >= 4 is 31.9 Å². The van der Waals surface area contributed by atoms with Crippen molar-refractivity contribution < 1.29 is 17.6 Å². The zero-order valence-electron chi connectivity index (χ0n) is 8.05. The van der Waals surface area contributed by atoms with E-state index in [1.807, 2.05) is 0 Å². The van der Waals surface area contributed by atoms with Gasteiger partial charge < -0.3 is 0 Å². The summed E-state index contributed by atoms with van der Waals surface area (Å²) in [6.07, 6.45) is -0.267. The maximum absolute atomic E-state index is 13.4. The summed E-state index contributed by atoms with van der Waals surface area (Å²) in [7, 11) is 0. The van der Waals surface area contributed by atoms with Gasteiger partial charge >= 0.3 is 0 Å². The number of benzene rings is 1. The van der Waals surface area contributed by atoms with Crippen molar-refractivity contribution in [2.24, 2.45) is 0 Å². The Balaban J connectivity index is 3.40. The van der Waals surface area contributed by atoms with Crippen molar-refractivity contribution in [1.29, 1.82) is 0 Å². The fraction of sp³-hybridized carbons (Fsp3) is 0.200. The average molecular weight is 362 g/mol. The molecule has 0 unspecified atom stereocenters. The van der Waals surface area contributed by atoms with Crippen molar-refractivity contribution in [2.75, 3.05) is 0 Å². The predicted octanol–water partition coefficient (Wildman–Crippen LogP) is 4.73. The Labute approximate surface area is 107 Å². The molecule has 0 fully saturated rings. The first-order valence-corrected chi connectivity index (χ1v) is 5.87. The molecule has 0 aliphatic carbocycles. The van der Waals surface area contributed by atoms with E-state index in [-0.39, 0.29) is 6.42 Å². The van der Waals surface area contributed by atoms with Crippen LogP contribution in [-0.2, 0) is 6.42 Å². The predicted molar refractivity (Wildman–Crippen MR) is 60.7 cm³/mol. The fourth-order valence-electron chi connectivity index (χ4n) is 1.15. The second-order valence-corrected chi connectivity index (χ2v) is 4.57. The van der Waals surface area contributed by atoms with E-state index in [1.54, 1.807) is 0 Å². The SMILES string of the molecule is Cc1c(F)c(F)c(C/C(Br)=C/Br)c(F)c1F. The molecule has 0 radical (unpaired) electrons. The molecule has 0 saturated carbocycles. The monoisotopic (exact) mass is 360 g/mol. The second kappa shape index (κ2) is 5.31. The molecule has 1 aromatic rings. The molecule has 0 bridgehead atoms. The van der Waals surface area contributed by atoms with Gasteiger partial charge in [-0.3, -0.25) is 0 Å². The zero-order chi connectivity index (χ0) is 12.5. The van der Waals surface area contributed by atoms with Crippen LogP contribution in [-0.4, -0.2) is 0 Å². The van der Waals surface area contributed by atoms with E-state index >= 15 is 0 Å². The Morgan fingerprint density at radius 2 is 1.50 bits per heavy atom. The second-order valence-electron chi connectivity index (χ2n) is 3.09. The largest absolute Gasteiger partial charge is 0.203 e. The minimum atomic E-state index is -1.36. The molecule has 0 spiro atoms. The Morgan fingerprint density at radius 1 is 1.06 bits per heavy atom. The van der Waals surface area contributed by atoms with E-state index in [4.69, 9.17) is 0 Å². The molecule has 0 heterocycles. The van der Waals surface area contributed by atoms with Crippen LogP contribution in [0.5, 0.6) is 0 Å². The number of hydrogen-bond acceptors (Lipinski definition) is 0. The van der Waals surface area contributed by atoms with Crippen LogP contribution in [0.25, 0.3) is 0 Å². The quantitative estimate of drug-likeness (QED) is 0.528. The Morgan fingerprint density at radius 3 is 1.88 bits per heavy atom. The third kappa shape index (κ3) is 2.48. The van der Waals surface area contributed by atoms with Crippen molar-refractivity contribution in [3.8, 4) is 0 Å². The third-order valence-corrected chi connectivity index (χ3v) is 3.71. The first-order valence-electron chi connectivity index (χ1n) is 4.16. The molecule has 0 saturated heterocycles. The lowest BCUT2D eigenvalue weighted by Gasteiger charge is -2.08. The van der Waals surface area contributed by atoms with E-state index in [9.17, 15) is 17.6 Å². The van der Waals surface area contributed by atoms with Crippen LogP contribution in [0.4, 0.5) is 17.6 Å². The standard InChI is InChI=1S/C10H6Br2F4/c1-4-7(13)9(15)6(2-5(12)3-11)10(16)8(4)14/h3H,2H2,1H3/b5-3-. The number of hydrogen-bond donors (Lipinski definition) is 0. The molecule has 0 nitrogen and oxygen atoms in total. The highest BCUT2D eigenvalue weighted by Crippen LogP contribution is 2.27. The Bertz CT molecular complexity index is 426. The molecule has 6 heteroatoms. The molecule has 88 valence electrons. The summed E-state index contributed by atoms with van der Waals surface area (Å²) in [5.74, 6) is -5.43. The molecule has 0 aliphatic heterocycles. The summed E-state index contributed by atoms with van der Waals surface area (Å²) in [6, 6.07) is 0. The lowest BCUT2D eigenvalue weighted by atomic mass is 10.1. The van der Waals surface area contributed by atoms with E-state index in [0.717, 1.165) is 6.92 Å². The van der Waals surface area contributed by atoms with Gasteiger partial charge in [0.2, 0.25) is 0 Å². The van der Waals surface area contributed by atoms with Crippen LogP contribution in [0.1, 0.15) is 11.1 Å². The zero-order valence-corrected chi connectivity index (χ0v) is 11.2. The van der Waals surface area contributed by atoms with Gasteiger partial charge in [0.15, 0.2) is 23.3 Å². The minimum absolute atomic E-state index is 0.267. The highest BCUT2D eigenvalue weighted by atomic mass is 79.9. The van der Waals surface area contributed by atoms with E-state index in [1.165, 1.54) is 4.99 Å². The lowest BCUT2D eigenvalue weighted by molar-refractivity contribution is 0.434. The highest BCUT2D eigenvalue weighted by Gasteiger charge is 2.22. The van der Waals surface area contributed by atoms with Crippen molar-refractivity contribution in [3.05, 3.63) is 43.9 Å². The van der Waals surface area contributed by atoms with Crippen LogP contribution in [0.3, 0.4) is 0 Å². The Kier molecular flexibility index (Phi) is 4.55. The number of rotatable bonds is 2. The van der Waals surface area contributed by atoms with Crippen molar-refractivity contribution in [3.63, 3.8) is 0 Å².